The maximum absolute atomic E-state index is 10.6. The zero-order chi connectivity index (χ0) is 11.0. The molecule has 0 amide bonds. The molecule has 2 nitrogen and oxygen atoms in total. The van der Waals surface area contributed by atoms with Gasteiger partial charge in [0.05, 0.1) is 17.1 Å². The Morgan fingerprint density at radius 1 is 1.43 bits per heavy atom. The van der Waals surface area contributed by atoms with Gasteiger partial charge in [0.25, 0.3) is 0 Å². The van der Waals surface area contributed by atoms with Crippen molar-refractivity contribution >= 4 is 0 Å². The molecule has 1 N–H and O–H groups in total. The third kappa shape index (κ3) is 1.66. The smallest absolute Gasteiger partial charge is 0.0853 e. The van der Waals surface area contributed by atoms with E-state index >= 15 is 0 Å². The van der Waals surface area contributed by atoms with E-state index in [1.807, 2.05) is 13.8 Å². The lowest BCUT2D eigenvalue weighted by atomic mass is 9.61. The summed E-state index contributed by atoms with van der Waals surface area (Å²) in [5.74, 6) is 0.903. The molecule has 0 aromatic heterocycles. The van der Waals surface area contributed by atoms with Crippen LogP contribution in [0.5, 0.6) is 0 Å². The van der Waals surface area contributed by atoms with Gasteiger partial charge in [-0.2, -0.15) is 5.26 Å². The first-order valence-electron chi connectivity index (χ1n) is 5.47. The lowest BCUT2D eigenvalue weighted by molar-refractivity contribution is -0.114. The molecule has 0 aromatic rings. The average Bonchev–Trinajstić information content (AvgIpc) is 2.12. The van der Waals surface area contributed by atoms with Gasteiger partial charge in [0, 0.05) is 0 Å². The topological polar surface area (TPSA) is 44.0 Å². The summed E-state index contributed by atoms with van der Waals surface area (Å²) in [4.78, 5) is 0. The van der Waals surface area contributed by atoms with Gasteiger partial charge in [-0.25, -0.2) is 0 Å². The second kappa shape index (κ2) is 3.55. The van der Waals surface area contributed by atoms with Crippen LogP contribution >= 0.6 is 0 Å². The van der Waals surface area contributed by atoms with Gasteiger partial charge in [-0.1, -0.05) is 13.8 Å². The van der Waals surface area contributed by atoms with Crippen molar-refractivity contribution in [3.05, 3.63) is 0 Å². The predicted molar refractivity (Wildman–Crippen MR) is 56.5 cm³/mol. The third-order valence-corrected chi connectivity index (χ3v) is 3.95. The second-order valence-corrected chi connectivity index (χ2v) is 5.44. The van der Waals surface area contributed by atoms with Gasteiger partial charge in [0.1, 0.15) is 0 Å². The lowest BCUT2D eigenvalue weighted by Crippen LogP contribution is -2.51. The minimum absolute atomic E-state index is 0.223. The van der Waals surface area contributed by atoms with E-state index in [0.717, 1.165) is 19.3 Å². The van der Waals surface area contributed by atoms with Crippen LogP contribution in [0.2, 0.25) is 0 Å². The van der Waals surface area contributed by atoms with Crippen molar-refractivity contribution in [3.8, 4) is 6.07 Å². The van der Waals surface area contributed by atoms with E-state index in [-0.39, 0.29) is 5.92 Å². The molecule has 0 radical (unpaired) electrons. The van der Waals surface area contributed by atoms with Gasteiger partial charge in [-0.3, -0.25) is 0 Å². The number of nitriles is 1. The fraction of sp³-hybridized carbons (Fsp3) is 0.917. The van der Waals surface area contributed by atoms with E-state index in [1.54, 1.807) is 0 Å². The Kier molecular flexibility index (Phi) is 2.92. The molecule has 0 spiro atoms. The molecule has 3 atom stereocenters. The summed E-state index contributed by atoms with van der Waals surface area (Å²) in [6, 6.07) is 2.25. The molecular formula is C12H21NO. The van der Waals surface area contributed by atoms with Gasteiger partial charge < -0.3 is 5.11 Å². The molecular weight excluding hydrogens is 174 g/mol. The second-order valence-electron chi connectivity index (χ2n) is 5.44. The number of rotatable bonds is 1. The molecule has 80 valence electrons. The first-order valence-corrected chi connectivity index (χ1v) is 5.47. The quantitative estimate of drug-likeness (QED) is 0.699. The minimum atomic E-state index is -0.797. The molecule has 2 heteroatoms. The van der Waals surface area contributed by atoms with E-state index in [9.17, 15) is 5.11 Å². The number of hydrogen-bond acceptors (Lipinski definition) is 2. The molecule has 0 aromatic carbocycles. The van der Waals surface area contributed by atoms with Gasteiger partial charge >= 0.3 is 0 Å². The number of nitrogens with zero attached hydrogens (tertiary/aromatic N) is 1. The van der Waals surface area contributed by atoms with E-state index < -0.39 is 11.0 Å². The fourth-order valence-corrected chi connectivity index (χ4v) is 2.65. The van der Waals surface area contributed by atoms with Crippen LogP contribution in [0.4, 0.5) is 0 Å². The first kappa shape index (κ1) is 11.5. The van der Waals surface area contributed by atoms with Crippen LogP contribution in [0.25, 0.3) is 0 Å². The van der Waals surface area contributed by atoms with Crippen LogP contribution in [-0.4, -0.2) is 10.7 Å². The highest BCUT2D eigenvalue weighted by molar-refractivity contribution is 5.09. The number of hydrogen-bond donors (Lipinski definition) is 1. The van der Waals surface area contributed by atoms with E-state index in [4.69, 9.17) is 5.26 Å². The number of aliphatic hydroxyl groups is 1. The van der Waals surface area contributed by atoms with Crippen LogP contribution in [0.15, 0.2) is 0 Å². The molecule has 1 aliphatic rings. The van der Waals surface area contributed by atoms with Gasteiger partial charge in [0.15, 0.2) is 0 Å². The highest BCUT2D eigenvalue weighted by atomic mass is 16.3. The highest BCUT2D eigenvalue weighted by Crippen LogP contribution is 2.46. The Balaban J connectivity index is 2.90. The lowest BCUT2D eigenvalue weighted by Gasteiger charge is -2.47. The average molecular weight is 195 g/mol. The maximum atomic E-state index is 10.6. The van der Waals surface area contributed by atoms with Crippen molar-refractivity contribution in [2.75, 3.05) is 0 Å². The van der Waals surface area contributed by atoms with Crippen LogP contribution < -0.4 is 0 Å². The molecule has 0 aliphatic heterocycles. The normalized spacial score (nSPS) is 39.1. The summed E-state index contributed by atoms with van der Waals surface area (Å²) in [5.41, 5.74) is -1.43. The summed E-state index contributed by atoms with van der Waals surface area (Å²) in [6.45, 7) is 7.98. The summed E-state index contributed by atoms with van der Waals surface area (Å²) >= 11 is 0. The van der Waals surface area contributed by atoms with Crippen molar-refractivity contribution < 1.29 is 5.11 Å². The third-order valence-electron chi connectivity index (χ3n) is 3.95. The monoisotopic (exact) mass is 195 g/mol. The Bertz CT molecular complexity index is 254. The van der Waals surface area contributed by atoms with E-state index in [1.165, 1.54) is 0 Å². The molecule has 0 heterocycles. The Morgan fingerprint density at radius 3 is 2.43 bits per heavy atom. The Labute approximate surface area is 86.9 Å². The van der Waals surface area contributed by atoms with Crippen LogP contribution in [0, 0.1) is 28.6 Å². The van der Waals surface area contributed by atoms with Crippen LogP contribution in [-0.2, 0) is 0 Å². The van der Waals surface area contributed by atoms with Crippen molar-refractivity contribution in [1.29, 1.82) is 5.26 Å². The Morgan fingerprint density at radius 2 is 2.00 bits per heavy atom. The summed E-state index contributed by atoms with van der Waals surface area (Å²) in [6.07, 6.45) is 2.82. The maximum Gasteiger partial charge on any atom is 0.0853 e. The van der Waals surface area contributed by atoms with E-state index in [0.29, 0.717) is 5.92 Å². The molecule has 1 rings (SSSR count). The van der Waals surface area contributed by atoms with Crippen LogP contribution in [0.1, 0.15) is 47.0 Å². The molecule has 1 fully saturated rings. The van der Waals surface area contributed by atoms with E-state index in [2.05, 4.69) is 19.9 Å². The highest BCUT2D eigenvalue weighted by Gasteiger charge is 2.49. The summed E-state index contributed by atoms with van der Waals surface area (Å²) < 4.78 is 0. The molecule has 0 saturated heterocycles. The predicted octanol–water partition coefficient (Wildman–Crippen LogP) is 2.72. The van der Waals surface area contributed by atoms with Crippen molar-refractivity contribution in [3.63, 3.8) is 0 Å². The first-order chi connectivity index (χ1) is 6.33. The molecule has 1 saturated carbocycles. The van der Waals surface area contributed by atoms with Crippen molar-refractivity contribution in [2.45, 2.75) is 52.6 Å². The molecule has 3 unspecified atom stereocenters. The van der Waals surface area contributed by atoms with Gasteiger partial charge in [0.2, 0.25) is 0 Å². The van der Waals surface area contributed by atoms with Crippen molar-refractivity contribution in [1.82, 2.24) is 0 Å². The molecule has 14 heavy (non-hydrogen) atoms. The Hall–Kier alpha value is -0.550. The largest absolute Gasteiger partial charge is 0.388 e. The summed E-state index contributed by atoms with van der Waals surface area (Å²) in [7, 11) is 0. The standard InChI is InChI=1S/C12H21NO/c1-9-5-6-12(14,10(2)7-9)11(3,4)8-13/h9-10,14H,5-7H2,1-4H3. The minimum Gasteiger partial charge on any atom is -0.388 e. The zero-order valence-corrected chi connectivity index (χ0v) is 9.67. The SMILES string of the molecule is CC1CCC(O)(C(C)(C)C#N)C(C)C1. The van der Waals surface area contributed by atoms with Gasteiger partial charge in [-0.15, -0.1) is 0 Å². The molecule has 1 aliphatic carbocycles. The molecule has 0 bridgehead atoms. The van der Waals surface area contributed by atoms with Crippen molar-refractivity contribution in [2.24, 2.45) is 17.3 Å². The summed E-state index contributed by atoms with van der Waals surface area (Å²) in [5, 5.41) is 19.6. The van der Waals surface area contributed by atoms with Gasteiger partial charge in [-0.05, 0) is 44.9 Å². The zero-order valence-electron chi connectivity index (χ0n) is 9.67. The van der Waals surface area contributed by atoms with Crippen LogP contribution in [0.3, 0.4) is 0 Å². The fourth-order valence-electron chi connectivity index (χ4n) is 2.65.